The van der Waals surface area contributed by atoms with Crippen molar-refractivity contribution in [3.05, 3.63) is 0 Å². The molecular formula is C10H20Cl4O2Si3. The van der Waals surface area contributed by atoms with Gasteiger partial charge in [0.2, 0.25) is 0 Å². The molecule has 19 heavy (non-hydrogen) atoms. The van der Waals surface area contributed by atoms with Crippen molar-refractivity contribution in [2.24, 2.45) is 0 Å². The van der Waals surface area contributed by atoms with E-state index in [-0.39, 0.29) is 8.92 Å². The van der Waals surface area contributed by atoms with Crippen LogP contribution >= 0.6 is 46.4 Å². The van der Waals surface area contributed by atoms with Crippen LogP contribution in [0.15, 0.2) is 0 Å². The molecule has 0 aliphatic carbocycles. The number of alkyl halides is 4. The van der Waals surface area contributed by atoms with E-state index in [2.05, 4.69) is 13.1 Å². The molecule has 9 heteroatoms. The predicted molar refractivity (Wildman–Crippen MR) is 90.7 cm³/mol. The van der Waals surface area contributed by atoms with Crippen LogP contribution in [-0.4, -0.2) is 49.7 Å². The van der Waals surface area contributed by atoms with Crippen molar-refractivity contribution in [1.29, 1.82) is 0 Å². The Kier molecular flexibility index (Phi) is 13.4. The van der Waals surface area contributed by atoms with Gasteiger partial charge in [0.25, 0.3) is 0 Å². The summed E-state index contributed by atoms with van der Waals surface area (Å²) in [7, 11) is -0.820. The molecule has 0 heterocycles. The van der Waals surface area contributed by atoms with Crippen molar-refractivity contribution in [1.82, 2.24) is 0 Å². The van der Waals surface area contributed by atoms with Gasteiger partial charge < -0.3 is 8.85 Å². The van der Waals surface area contributed by atoms with E-state index in [1.165, 1.54) is 0 Å². The molecule has 2 nitrogen and oxygen atoms in total. The van der Waals surface area contributed by atoms with Gasteiger partial charge in [0, 0.05) is 13.2 Å². The molecule has 0 saturated heterocycles. The number of hydrogen-bond acceptors (Lipinski definition) is 2. The van der Waals surface area contributed by atoms with E-state index in [4.69, 9.17) is 55.3 Å². The summed E-state index contributed by atoms with van der Waals surface area (Å²) in [5.41, 5.74) is 0. The Morgan fingerprint density at radius 1 is 0.842 bits per heavy atom. The Morgan fingerprint density at radius 2 is 1.21 bits per heavy atom. The Morgan fingerprint density at radius 3 is 1.53 bits per heavy atom. The van der Waals surface area contributed by atoms with Crippen LogP contribution in [0.1, 0.15) is 12.8 Å². The minimum Gasteiger partial charge on any atom is -0.395 e. The highest BCUT2D eigenvalue weighted by atomic mass is 35.5. The Balaban J connectivity index is 3.46. The molecule has 0 N–H and O–H groups in total. The quantitative estimate of drug-likeness (QED) is 0.278. The maximum atomic E-state index is 5.82. The van der Waals surface area contributed by atoms with E-state index >= 15 is 0 Å². The van der Waals surface area contributed by atoms with Crippen LogP contribution in [0.3, 0.4) is 0 Å². The van der Waals surface area contributed by atoms with Gasteiger partial charge in [0.15, 0.2) is 0 Å². The summed E-state index contributed by atoms with van der Waals surface area (Å²) in [5.74, 6) is 0. The SMILES string of the molecule is C[Si](C)(OCCC[Si]C(Cl)Cl)OCCC[Si]C(Cl)Cl. The van der Waals surface area contributed by atoms with Gasteiger partial charge >= 0.3 is 8.56 Å². The normalized spacial score (nSPS) is 12.6. The van der Waals surface area contributed by atoms with Crippen molar-refractivity contribution >= 4 is 74.0 Å². The summed E-state index contributed by atoms with van der Waals surface area (Å²) in [6, 6.07) is 2.02. The van der Waals surface area contributed by atoms with Gasteiger partial charge in [-0.3, -0.25) is 0 Å². The van der Waals surface area contributed by atoms with E-state index in [1.54, 1.807) is 0 Å². The third-order valence-corrected chi connectivity index (χ3v) is 7.69. The molecule has 0 aliphatic heterocycles. The van der Waals surface area contributed by atoms with Crippen LogP contribution in [0.25, 0.3) is 0 Å². The van der Waals surface area contributed by atoms with Crippen molar-refractivity contribution in [2.45, 2.75) is 46.9 Å². The molecule has 0 atom stereocenters. The molecule has 0 rings (SSSR count). The van der Waals surface area contributed by atoms with E-state index in [9.17, 15) is 0 Å². The van der Waals surface area contributed by atoms with Gasteiger partial charge in [-0.25, -0.2) is 0 Å². The molecule has 0 unspecified atom stereocenters. The maximum Gasteiger partial charge on any atom is 0.331 e. The minimum absolute atomic E-state index is 0.241. The summed E-state index contributed by atoms with van der Waals surface area (Å²) in [6.45, 7) is 5.57. The smallest absolute Gasteiger partial charge is 0.331 e. The van der Waals surface area contributed by atoms with Gasteiger partial charge in [0.1, 0.15) is 0 Å². The van der Waals surface area contributed by atoms with Crippen molar-refractivity contribution in [3.63, 3.8) is 0 Å². The summed E-state index contributed by atoms with van der Waals surface area (Å²) in [4.78, 5) is 0. The molecule has 0 spiro atoms. The van der Waals surface area contributed by atoms with E-state index in [0.717, 1.165) is 38.1 Å². The van der Waals surface area contributed by atoms with Crippen LogP contribution in [0.2, 0.25) is 25.2 Å². The average Bonchev–Trinajstić information content (AvgIpc) is 2.27. The van der Waals surface area contributed by atoms with Crippen molar-refractivity contribution < 1.29 is 8.85 Å². The molecule has 0 aromatic carbocycles. The van der Waals surface area contributed by atoms with Gasteiger partial charge in [-0.15, -0.1) is 46.4 Å². The Bertz CT molecular complexity index is 201. The fourth-order valence-corrected chi connectivity index (χ4v) is 5.04. The standard InChI is InChI=1S/C10H20Cl4O2Si3/c1-19(2,15-5-3-7-17-9(11)12)16-6-4-8-18-10(13)14/h9-10H,3-8H2,1-2H3. The molecule has 4 radical (unpaired) electrons. The number of halogens is 4. The largest absolute Gasteiger partial charge is 0.395 e. The van der Waals surface area contributed by atoms with Crippen molar-refractivity contribution in [2.75, 3.05) is 13.2 Å². The summed E-state index contributed by atoms with van der Waals surface area (Å²) in [5, 5.41) is 0. The van der Waals surface area contributed by atoms with Gasteiger partial charge in [-0.05, 0) is 25.9 Å². The minimum atomic E-state index is -1.98. The highest BCUT2D eigenvalue weighted by molar-refractivity contribution is 6.69. The van der Waals surface area contributed by atoms with Crippen LogP contribution in [0.4, 0.5) is 0 Å². The molecule has 0 fully saturated rings. The summed E-state index contributed by atoms with van der Waals surface area (Å²) < 4.78 is 11.2. The van der Waals surface area contributed by atoms with Crippen LogP contribution in [0, 0.1) is 0 Å². The third-order valence-electron chi connectivity index (χ3n) is 2.14. The zero-order valence-corrected chi connectivity index (χ0v) is 17.2. The zero-order valence-electron chi connectivity index (χ0n) is 11.2. The first kappa shape index (κ1) is 20.7. The molecule has 0 amide bonds. The highest BCUT2D eigenvalue weighted by Gasteiger charge is 2.23. The van der Waals surface area contributed by atoms with Crippen LogP contribution < -0.4 is 0 Å². The Hall–Kier alpha value is 1.73. The molecular weight excluding hydrogens is 378 g/mol. The lowest BCUT2D eigenvalue weighted by molar-refractivity contribution is 0.179. The second-order valence-corrected chi connectivity index (χ2v) is 14.3. The van der Waals surface area contributed by atoms with Gasteiger partial charge in [-0.1, -0.05) is 12.1 Å². The molecule has 112 valence electrons. The number of rotatable bonds is 12. The topological polar surface area (TPSA) is 18.5 Å². The molecule has 0 aromatic heterocycles. The average molecular weight is 398 g/mol. The van der Waals surface area contributed by atoms with Crippen molar-refractivity contribution in [3.8, 4) is 0 Å². The molecule has 0 aliphatic rings. The van der Waals surface area contributed by atoms with Gasteiger partial charge in [0.05, 0.1) is 28.0 Å². The lowest BCUT2D eigenvalue weighted by Gasteiger charge is -2.22. The summed E-state index contributed by atoms with van der Waals surface area (Å²) in [6.07, 6.45) is 1.96. The fraction of sp³-hybridized carbons (Fsp3) is 1.00. The first-order valence-electron chi connectivity index (χ1n) is 6.14. The van der Waals surface area contributed by atoms with Crippen LogP contribution in [0.5, 0.6) is 0 Å². The first-order valence-corrected chi connectivity index (χ1v) is 13.3. The zero-order chi connectivity index (χ0) is 14.7. The molecule has 0 saturated carbocycles. The van der Waals surface area contributed by atoms with Crippen LogP contribution in [-0.2, 0) is 8.85 Å². The second kappa shape index (κ2) is 12.3. The maximum absolute atomic E-state index is 5.82. The highest BCUT2D eigenvalue weighted by Crippen LogP contribution is 2.11. The Labute approximate surface area is 142 Å². The monoisotopic (exact) mass is 396 g/mol. The molecule has 0 bridgehead atoms. The van der Waals surface area contributed by atoms with E-state index < -0.39 is 8.56 Å². The van der Waals surface area contributed by atoms with E-state index in [0.29, 0.717) is 19.0 Å². The third kappa shape index (κ3) is 15.9. The van der Waals surface area contributed by atoms with Gasteiger partial charge in [-0.2, -0.15) is 0 Å². The molecule has 0 aromatic rings. The lowest BCUT2D eigenvalue weighted by Crippen LogP contribution is -2.35. The summed E-state index contributed by atoms with van der Waals surface area (Å²) >= 11 is 22.7. The van der Waals surface area contributed by atoms with E-state index in [1.807, 2.05) is 0 Å². The fourth-order valence-electron chi connectivity index (χ4n) is 1.24. The second-order valence-electron chi connectivity index (χ2n) is 4.31. The predicted octanol–water partition coefficient (Wildman–Crippen LogP) is 4.27. The lowest BCUT2D eigenvalue weighted by atomic mass is 10.5. The number of hydrogen-bond donors (Lipinski definition) is 0. The first-order chi connectivity index (χ1) is 8.83.